The Morgan fingerprint density at radius 3 is 3.00 bits per heavy atom. The number of furan rings is 1. The Bertz CT molecular complexity index is 375. The van der Waals surface area contributed by atoms with E-state index in [1.54, 1.807) is 4.90 Å². The summed E-state index contributed by atoms with van der Waals surface area (Å²) in [5.74, 6) is 1.63. The molecular formula is C11H16N2O3. The number of aryl methyl sites for hydroxylation is 1. The van der Waals surface area contributed by atoms with Crippen molar-refractivity contribution in [3.05, 3.63) is 23.7 Å². The third-order valence-corrected chi connectivity index (χ3v) is 2.62. The summed E-state index contributed by atoms with van der Waals surface area (Å²) in [6.07, 6.45) is -0.0613. The zero-order valence-electron chi connectivity index (χ0n) is 9.31. The van der Waals surface area contributed by atoms with Crippen molar-refractivity contribution in [1.29, 1.82) is 0 Å². The fourth-order valence-electron chi connectivity index (χ4n) is 1.73. The minimum absolute atomic E-state index is 0.0150. The zero-order valence-corrected chi connectivity index (χ0v) is 9.31. The molecule has 1 amide bonds. The van der Waals surface area contributed by atoms with Crippen molar-refractivity contribution >= 4 is 5.91 Å². The van der Waals surface area contributed by atoms with E-state index in [1.807, 2.05) is 19.1 Å². The van der Waals surface area contributed by atoms with Gasteiger partial charge in [-0.2, -0.15) is 0 Å². The molecule has 2 rings (SSSR count). The largest absolute Gasteiger partial charge is 0.464 e. The van der Waals surface area contributed by atoms with Crippen LogP contribution < -0.4 is 5.73 Å². The quantitative estimate of drug-likeness (QED) is 0.800. The van der Waals surface area contributed by atoms with Gasteiger partial charge in [-0.05, 0) is 19.1 Å². The van der Waals surface area contributed by atoms with Crippen molar-refractivity contribution in [2.75, 3.05) is 19.7 Å². The van der Waals surface area contributed by atoms with Gasteiger partial charge in [0.25, 0.3) is 0 Å². The number of carbonyl (C=O) groups excluding carboxylic acids is 1. The first kappa shape index (κ1) is 11.2. The number of amides is 1. The second-order valence-corrected chi connectivity index (χ2v) is 3.96. The zero-order chi connectivity index (χ0) is 11.5. The number of carbonyl (C=O) groups is 1. The molecule has 0 bridgehead atoms. The fraction of sp³-hybridized carbons (Fsp3) is 0.545. The van der Waals surface area contributed by atoms with E-state index in [9.17, 15) is 4.79 Å². The molecule has 0 saturated carbocycles. The topological polar surface area (TPSA) is 68.7 Å². The molecule has 1 aromatic heterocycles. The van der Waals surface area contributed by atoms with Gasteiger partial charge < -0.3 is 19.8 Å². The van der Waals surface area contributed by atoms with Crippen LogP contribution >= 0.6 is 0 Å². The van der Waals surface area contributed by atoms with Crippen LogP contribution in [0, 0.1) is 6.92 Å². The summed E-state index contributed by atoms with van der Waals surface area (Å²) < 4.78 is 10.7. The van der Waals surface area contributed by atoms with Gasteiger partial charge >= 0.3 is 0 Å². The fourth-order valence-corrected chi connectivity index (χ4v) is 1.73. The summed E-state index contributed by atoms with van der Waals surface area (Å²) in [5, 5.41) is 0. The summed E-state index contributed by atoms with van der Waals surface area (Å²) in [6, 6.07) is 3.77. The van der Waals surface area contributed by atoms with Crippen LogP contribution in [0.2, 0.25) is 0 Å². The first-order valence-corrected chi connectivity index (χ1v) is 5.34. The Balaban J connectivity index is 1.99. The van der Waals surface area contributed by atoms with Crippen LogP contribution in [0.1, 0.15) is 11.5 Å². The molecular weight excluding hydrogens is 208 g/mol. The summed E-state index contributed by atoms with van der Waals surface area (Å²) >= 11 is 0. The highest BCUT2D eigenvalue weighted by Crippen LogP contribution is 2.13. The van der Waals surface area contributed by atoms with Crippen LogP contribution in [-0.4, -0.2) is 36.6 Å². The second kappa shape index (κ2) is 4.67. The number of hydrogen-bond donors (Lipinski definition) is 1. The molecule has 1 aliphatic rings. The van der Waals surface area contributed by atoms with E-state index in [0.29, 0.717) is 19.6 Å². The molecule has 1 unspecified atom stereocenters. The van der Waals surface area contributed by atoms with Crippen LogP contribution in [-0.2, 0) is 16.1 Å². The summed E-state index contributed by atoms with van der Waals surface area (Å²) in [7, 11) is 0. The normalized spacial score (nSPS) is 21.5. The number of morpholine rings is 1. The average Bonchev–Trinajstić information content (AvgIpc) is 2.67. The maximum atomic E-state index is 11.6. The smallest absolute Gasteiger partial charge is 0.249 e. The molecule has 0 aliphatic carbocycles. The summed E-state index contributed by atoms with van der Waals surface area (Å²) in [5.41, 5.74) is 5.52. The molecule has 0 radical (unpaired) electrons. The van der Waals surface area contributed by atoms with Gasteiger partial charge in [0.2, 0.25) is 5.91 Å². The minimum atomic E-state index is -0.0613. The van der Waals surface area contributed by atoms with Gasteiger partial charge in [-0.25, -0.2) is 0 Å². The number of nitrogens with two attached hydrogens (primary N) is 1. The first-order chi connectivity index (χ1) is 7.69. The third-order valence-electron chi connectivity index (χ3n) is 2.62. The van der Waals surface area contributed by atoms with E-state index in [4.69, 9.17) is 14.9 Å². The van der Waals surface area contributed by atoms with E-state index >= 15 is 0 Å². The maximum absolute atomic E-state index is 11.6. The lowest BCUT2D eigenvalue weighted by molar-refractivity contribution is -0.149. The monoisotopic (exact) mass is 224 g/mol. The van der Waals surface area contributed by atoms with Gasteiger partial charge in [-0.15, -0.1) is 0 Å². The van der Waals surface area contributed by atoms with Crippen LogP contribution in [0.4, 0.5) is 0 Å². The van der Waals surface area contributed by atoms with Gasteiger partial charge in [0.05, 0.1) is 12.6 Å². The Kier molecular flexibility index (Phi) is 3.26. The number of hydrogen-bond acceptors (Lipinski definition) is 4. The summed E-state index contributed by atoms with van der Waals surface area (Å²) in [4.78, 5) is 13.3. The van der Waals surface area contributed by atoms with E-state index in [0.717, 1.165) is 11.5 Å². The van der Waals surface area contributed by atoms with Crippen LogP contribution in [0.25, 0.3) is 0 Å². The van der Waals surface area contributed by atoms with Crippen molar-refractivity contribution in [2.45, 2.75) is 19.6 Å². The van der Waals surface area contributed by atoms with Crippen molar-refractivity contribution in [3.8, 4) is 0 Å². The molecule has 2 heterocycles. The highest BCUT2D eigenvalue weighted by Gasteiger charge is 2.25. The second-order valence-electron chi connectivity index (χ2n) is 3.96. The first-order valence-electron chi connectivity index (χ1n) is 5.34. The lowest BCUT2D eigenvalue weighted by Crippen LogP contribution is -2.48. The molecule has 0 spiro atoms. The molecule has 1 atom stereocenters. The Morgan fingerprint density at radius 2 is 2.38 bits per heavy atom. The molecule has 2 N–H and O–H groups in total. The highest BCUT2D eigenvalue weighted by atomic mass is 16.5. The van der Waals surface area contributed by atoms with Gasteiger partial charge in [-0.3, -0.25) is 4.79 Å². The third kappa shape index (κ3) is 2.43. The Labute approximate surface area is 94.1 Å². The van der Waals surface area contributed by atoms with E-state index in [2.05, 4.69) is 0 Å². The van der Waals surface area contributed by atoms with Crippen LogP contribution in [0.5, 0.6) is 0 Å². The molecule has 0 aromatic carbocycles. The number of ether oxygens (including phenoxy) is 1. The molecule has 1 aliphatic heterocycles. The Hall–Kier alpha value is -1.33. The lowest BCUT2D eigenvalue weighted by atomic mass is 10.2. The molecule has 1 aromatic rings. The molecule has 5 nitrogen and oxygen atoms in total. The van der Waals surface area contributed by atoms with Crippen molar-refractivity contribution in [2.24, 2.45) is 5.73 Å². The van der Waals surface area contributed by atoms with Crippen molar-refractivity contribution < 1.29 is 13.9 Å². The maximum Gasteiger partial charge on any atom is 0.249 e. The van der Waals surface area contributed by atoms with Crippen molar-refractivity contribution in [1.82, 2.24) is 4.90 Å². The van der Waals surface area contributed by atoms with Gasteiger partial charge in [0, 0.05) is 13.1 Å². The highest BCUT2D eigenvalue weighted by molar-refractivity contribution is 5.78. The van der Waals surface area contributed by atoms with E-state index in [-0.39, 0.29) is 18.6 Å². The molecule has 1 fully saturated rings. The molecule has 88 valence electrons. The van der Waals surface area contributed by atoms with E-state index in [1.165, 1.54) is 0 Å². The van der Waals surface area contributed by atoms with Gasteiger partial charge in [0.1, 0.15) is 18.1 Å². The van der Waals surface area contributed by atoms with Gasteiger partial charge in [0.15, 0.2) is 0 Å². The molecule has 16 heavy (non-hydrogen) atoms. The predicted molar refractivity (Wildman–Crippen MR) is 57.7 cm³/mol. The molecule has 5 heteroatoms. The van der Waals surface area contributed by atoms with Crippen LogP contribution in [0.3, 0.4) is 0 Å². The SMILES string of the molecule is Cc1ccc(CN2CC(CN)OCC2=O)o1. The number of rotatable bonds is 3. The standard InChI is InChI=1S/C11H16N2O3/c1-8-2-3-9(16-8)5-13-6-10(4-12)15-7-11(13)14/h2-3,10H,4-7,12H2,1H3. The lowest BCUT2D eigenvalue weighted by Gasteiger charge is -2.31. The van der Waals surface area contributed by atoms with Crippen molar-refractivity contribution in [3.63, 3.8) is 0 Å². The molecule has 1 saturated heterocycles. The van der Waals surface area contributed by atoms with Crippen LogP contribution in [0.15, 0.2) is 16.5 Å². The van der Waals surface area contributed by atoms with E-state index < -0.39 is 0 Å². The number of nitrogens with zero attached hydrogens (tertiary/aromatic N) is 1. The minimum Gasteiger partial charge on any atom is -0.464 e. The predicted octanol–water partition coefficient (Wildman–Crippen LogP) is 0.274. The summed E-state index contributed by atoms with van der Waals surface area (Å²) in [6.45, 7) is 3.46. The Morgan fingerprint density at radius 1 is 1.56 bits per heavy atom. The van der Waals surface area contributed by atoms with Gasteiger partial charge in [-0.1, -0.05) is 0 Å². The average molecular weight is 224 g/mol.